The number of nitrogens with zero attached hydrogens (tertiary/aromatic N) is 2. The van der Waals surface area contributed by atoms with E-state index >= 15 is 0 Å². The number of primary amides is 1. The normalized spacial score (nSPS) is 17.9. The quantitative estimate of drug-likeness (QED) is 0.505. The zero-order valence-corrected chi connectivity index (χ0v) is 18.5. The van der Waals surface area contributed by atoms with E-state index in [1.54, 1.807) is 24.3 Å². The summed E-state index contributed by atoms with van der Waals surface area (Å²) in [5, 5.41) is 5.89. The number of likely N-dealkylation sites (tertiary alicyclic amines) is 1. The summed E-state index contributed by atoms with van der Waals surface area (Å²) in [5.74, 6) is -1.02. The molecular formula is C23H22F3N5O4. The number of amides is 4. The van der Waals surface area contributed by atoms with Crippen molar-refractivity contribution in [2.24, 2.45) is 11.7 Å². The Morgan fingerprint density at radius 1 is 1.09 bits per heavy atom. The molecule has 3 aromatic rings. The molecular weight excluding hydrogens is 467 g/mol. The highest BCUT2D eigenvalue weighted by Crippen LogP contribution is 2.30. The minimum atomic E-state index is -4.87. The molecule has 0 unspecified atom stereocenters. The average molecular weight is 489 g/mol. The van der Waals surface area contributed by atoms with E-state index in [1.807, 2.05) is 6.92 Å². The van der Waals surface area contributed by atoms with Crippen molar-refractivity contribution in [3.05, 3.63) is 54.7 Å². The van der Waals surface area contributed by atoms with E-state index in [9.17, 15) is 27.6 Å². The maximum absolute atomic E-state index is 13.1. The minimum absolute atomic E-state index is 0.00311. The van der Waals surface area contributed by atoms with E-state index in [0.717, 1.165) is 12.1 Å². The Balaban J connectivity index is 1.51. The van der Waals surface area contributed by atoms with E-state index in [2.05, 4.69) is 15.4 Å². The molecule has 0 radical (unpaired) electrons. The van der Waals surface area contributed by atoms with Crippen molar-refractivity contribution in [3.63, 3.8) is 0 Å². The number of halogens is 3. The van der Waals surface area contributed by atoms with Crippen LogP contribution >= 0.6 is 0 Å². The first-order valence-corrected chi connectivity index (χ1v) is 10.7. The van der Waals surface area contributed by atoms with Gasteiger partial charge in [-0.3, -0.25) is 9.36 Å². The molecule has 0 bridgehead atoms. The Morgan fingerprint density at radius 2 is 1.83 bits per heavy atom. The van der Waals surface area contributed by atoms with E-state index in [1.165, 1.54) is 27.8 Å². The number of hydrogen-bond donors (Lipinski definition) is 3. The monoisotopic (exact) mass is 489 g/mol. The van der Waals surface area contributed by atoms with E-state index < -0.39 is 36.1 Å². The smallest absolute Gasteiger partial charge is 0.406 e. The number of alkyl halides is 3. The molecule has 2 atom stereocenters. The summed E-state index contributed by atoms with van der Waals surface area (Å²) in [6, 6.07) is 9.63. The maximum Gasteiger partial charge on any atom is 0.573 e. The number of para-hydroxylation sites is 1. The fourth-order valence-electron chi connectivity index (χ4n) is 4.16. The van der Waals surface area contributed by atoms with Crippen molar-refractivity contribution in [3.8, 4) is 5.75 Å². The second-order valence-electron chi connectivity index (χ2n) is 8.27. The second-order valence-corrected chi connectivity index (χ2v) is 8.27. The number of carbonyl (C=O) groups excluding carboxylic acids is 3. The summed E-state index contributed by atoms with van der Waals surface area (Å²) in [4.78, 5) is 39.2. The number of rotatable bonds is 4. The van der Waals surface area contributed by atoms with Gasteiger partial charge in [-0.25, -0.2) is 9.59 Å². The standard InChI is InChI=1S/C23H22F3N5O4/c1-13-9-19(20(32)28-14-5-4-6-15(10-14)35-23(24,25)26)31(11-13)22(34)29-17-12-30(21(27)33)18-8-3-2-7-16(17)18/h2-8,10,12-13,19H,9,11H2,1H3,(H2,27,33)(H,28,32)(H,29,34)/t13-,19-/m0/s1. The number of anilines is 2. The summed E-state index contributed by atoms with van der Waals surface area (Å²) in [6.07, 6.45) is -3.09. The number of aromatic nitrogens is 1. The van der Waals surface area contributed by atoms with Crippen LogP contribution in [0, 0.1) is 5.92 Å². The zero-order valence-electron chi connectivity index (χ0n) is 18.5. The fraction of sp³-hybridized carbons (Fsp3) is 0.261. The molecule has 35 heavy (non-hydrogen) atoms. The summed E-state index contributed by atoms with van der Waals surface area (Å²) >= 11 is 0. The lowest BCUT2D eigenvalue weighted by atomic mass is 10.1. The molecule has 0 saturated carbocycles. The molecule has 0 aliphatic carbocycles. The first-order chi connectivity index (χ1) is 16.5. The highest BCUT2D eigenvalue weighted by Gasteiger charge is 2.38. The number of nitrogens with one attached hydrogen (secondary N) is 2. The molecule has 1 aliphatic rings. The van der Waals surface area contributed by atoms with Gasteiger partial charge in [0.15, 0.2) is 0 Å². The van der Waals surface area contributed by atoms with E-state index in [4.69, 9.17) is 5.73 Å². The van der Waals surface area contributed by atoms with Crippen molar-refractivity contribution in [2.75, 3.05) is 17.2 Å². The number of urea groups is 1. The van der Waals surface area contributed by atoms with Crippen LogP contribution in [-0.2, 0) is 4.79 Å². The third-order valence-corrected chi connectivity index (χ3v) is 5.60. The SMILES string of the molecule is C[C@H]1C[C@@H](C(=O)Nc2cccc(OC(F)(F)F)c2)N(C(=O)Nc2cn(C(N)=O)c3ccccc23)C1. The van der Waals surface area contributed by atoms with Crippen LogP contribution in [0.3, 0.4) is 0 Å². The molecule has 1 saturated heterocycles. The third-order valence-electron chi connectivity index (χ3n) is 5.60. The summed E-state index contributed by atoms with van der Waals surface area (Å²) in [5.41, 5.74) is 6.38. The fourth-order valence-corrected chi connectivity index (χ4v) is 4.16. The first-order valence-electron chi connectivity index (χ1n) is 10.7. The number of carbonyl (C=O) groups is 3. The molecule has 184 valence electrons. The highest BCUT2D eigenvalue weighted by atomic mass is 19.4. The van der Waals surface area contributed by atoms with Crippen LogP contribution in [0.2, 0.25) is 0 Å². The highest BCUT2D eigenvalue weighted by molar-refractivity contribution is 6.06. The maximum atomic E-state index is 13.1. The lowest BCUT2D eigenvalue weighted by Crippen LogP contribution is -2.45. The van der Waals surface area contributed by atoms with Crippen molar-refractivity contribution in [1.29, 1.82) is 0 Å². The van der Waals surface area contributed by atoms with Crippen LogP contribution in [0.4, 0.5) is 34.1 Å². The summed E-state index contributed by atoms with van der Waals surface area (Å²) < 4.78 is 42.6. The molecule has 1 aliphatic heterocycles. The largest absolute Gasteiger partial charge is 0.573 e. The van der Waals surface area contributed by atoms with Crippen LogP contribution in [0.15, 0.2) is 54.7 Å². The van der Waals surface area contributed by atoms with Crippen LogP contribution in [0.1, 0.15) is 13.3 Å². The molecule has 2 aromatic carbocycles. The van der Waals surface area contributed by atoms with Crippen LogP contribution < -0.4 is 21.1 Å². The van der Waals surface area contributed by atoms with Crippen molar-refractivity contribution in [2.45, 2.75) is 25.7 Å². The minimum Gasteiger partial charge on any atom is -0.406 e. The van der Waals surface area contributed by atoms with Gasteiger partial charge in [0.2, 0.25) is 5.91 Å². The van der Waals surface area contributed by atoms with Gasteiger partial charge >= 0.3 is 18.4 Å². The van der Waals surface area contributed by atoms with Gasteiger partial charge in [-0.2, -0.15) is 0 Å². The van der Waals surface area contributed by atoms with Crippen LogP contribution in [0.5, 0.6) is 5.75 Å². The topological polar surface area (TPSA) is 119 Å². The predicted octanol–water partition coefficient (Wildman–Crippen LogP) is 4.35. The number of nitrogens with two attached hydrogens (primary N) is 1. The van der Waals surface area contributed by atoms with Crippen molar-refractivity contribution in [1.82, 2.24) is 9.47 Å². The number of benzene rings is 2. The first kappa shape index (κ1) is 23.9. The van der Waals surface area contributed by atoms with Gasteiger partial charge in [-0.1, -0.05) is 31.2 Å². The molecule has 1 aromatic heterocycles. The van der Waals surface area contributed by atoms with Gasteiger partial charge in [-0.15, -0.1) is 13.2 Å². The Hall–Kier alpha value is -4.22. The van der Waals surface area contributed by atoms with Gasteiger partial charge in [0, 0.05) is 29.9 Å². The molecule has 4 N–H and O–H groups in total. The number of fused-ring (bicyclic) bond motifs is 1. The third kappa shape index (κ3) is 5.31. The Kier molecular flexibility index (Phi) is 6.29. The van der Waals surface area contributed by atoms with Crippen LogP contribution in [-0.4, -0.2) is 46.4 Å². The molecule has 0 spiro atoms. The van der Waals surface area contributed by atoms with Gasteiger partial charge < -0.3 is 26.0 Å². The molecule has 12 heteroatoms. The number of hydrogen-bond acceptors (Lipinski definition) is 4. The van der Waals surface area contributed by atoms with E-state index in [-0.39, 0.29) is 18.2 Å². The van der Waals surface area contributed by atoms with Crippen LogP contribution in [0.25, 0.3) is 10.9 Å². The Bertz CT molecular complexity index is 1290. The average Bonchev–Trinajstić information content (AvgIpc) is 3.34. The molecule has 2 heterocycles. The molecule has 1 fully saturated rings. The Morgan fingerprint density at radius 3 is 2.54 bits per heavy atom. The van der Waals surface area contributed by atoms with Gasteiger partial charge in [-0.05, 0) is 30.5 Å². The molecule has 4 amide bonds. The molecule has 4 rings (SSSR count). The zero-order chi connectivity index (χ0) is 25.3. The Labute approximate surface area is 197 Å². The summed E-state index contributed by atoms with van der Waals surface area (Å²) in [7, 11) is 0. The van der Waals surface area contributed by atoms with E-state index in [0.29, 0.717) is 23.0 Å². The molecule has 9 nitrogen and oxygen atoms in total. The number of ether oxygens (including phenoxy) is 1. The lowest BCUT2D eigenvalue weighted by molar-refractivity contribution is -0.274. The summed E-state index contributed by atoms with van der Waals surface area (Å²) in [6.45, 7) is 2.17. The van der Waals surface area contributed by atoms with Gasteiger partial charge in [0.1, 0.15) is 11.8 Å². The second kappa shape index (κ2) is 9.20. The van der Waals surface area contributed by atoms with Gasteiger partial charge in [0.25, 0.3) is 0 Å². The lowest BCUT2D eigenvalue weighted by Gasteiger charge is -2.24. The van der Waals surface area contributed by atoms with Crippen molar-refractivity contribution >= 4 is 40.2 Å². The predicted molar refractivity (Wildman–Crippen MR) is 122 cm³/mol. The van der Waals surface area contributed by atoms with Crippen molar-refractivity contribution < 1.29 is 32.3 Å². The van der Waals surface area contributed by atoms with Gasteiger partial charge in [0.05, 0.1) is 11.2 Å².